The minimum absolute atomic E-state index is 0.291. The van der Waals surface area contributed by atoms with E-state index in [-0.39, 0.29) is 6.61 Å². The zero-order valence-corrected chi connectivity index (χ0v) is 13.2. The fraction of sp³-hybridized carbons (Fsp3) is 0.500. The molecule has 0 spiro atoms. The molecule has 21 heavy (non-hydrogen) atoms. The molecule has 118 valence electrons. The number of aliphatic hydroxyl groups is 2. The van der Waals surface area contributed by atoms with Crippen LogP contribution in [0, 0.1) is 0 Å². The Hall–Kier alpha value is -1.28. The molecule has 0 fully saturated rings. The van der Waals surface area contributed by atoms with Crippen molar-refractivity contribution in [3.05, 3.63) is 29.8 Å². The van der Waals surface area contributed by atoms with Crippen LogP contribution in [0.4, 0.5) is 0 Å². The van der Waals surface area contributed by atoms with Crippen LogP contribution in [0.25, 0.3) is 0 Å². The number of aliphatic hydroxyl groups excluding tert-OH is 2. The molecular formula is C14H21NO5S. The average molecular weight is 315 g/mol. The standard InChI is InChI=1S/C14H21NO5S/c1-10(15(2)21-9-12(17)8-16)20-14(18)11-4-6-13(19-3)7-5-11/h4-7,10,12,16-17H,8-9H2,1-3H3. The number of ether oxygens (including phenoxy) is 2. The molecule has 2 N–H and O–H groups in total. The number of rotatable bonds is 8. The van der Waals surface area contributed by atoms with Crippen LogP contribution in [0.15, 0.2) is 24.3 Å². The van der Waals surface area contributed by atoms with Crippen LogP contribution in [0.5, 0.6) is 5.75 Å². The zero-order chi connectivity index (χ0) is 15.8. The number of carbonyl (C=O) groups excluding carboxylic acids is 1. The van der Waals surface area contributed by atoms with Crippen LogP contribution >= 0.6 is 11.9 Å². The van der Waals surface area contributed by atoms with Crippen molar-refractivity contribution in [2.45, 2.75) is 19.3 Å². The number of nitrogens with zero attached hydrogens (tertiary/aromatic N) is 1. The van der Waals surface area contributed by atoms with Gasteiger partial charge in [0.05, 0.1) is 25.4 Å². The first-order valence-electron chi connectivity index (χ1n) is 6.47. The van der Waals surface area contributed by atoms with E-state index >= 15 is 0 Å². The van der Waals surface area contributed by atoms with E-state index in [1.807, 2.05) is 0 Å². The predicted molar refractivity (Wildman–Crippen MR) is 81.2 cm³/mol. The van der Waals surface area contributed by atoms with Crippen molar-refractivity contribution in [2.24, 2.45) is 0 Å². The normalized spacial score (nSPS) is 13.8. The lowest BCUT2D eigenvalue weighted by Crippen LogP contribution is -2.30. The van der Waals surface area contributed by atoms with E-state index in [2.05, 4.69) is 0 Å². The largest absolute Gasteiger partial charge is 0.497 e. The molecule has 2 unspecified atom stereocenters. The molecule has 0 radical (unpaired) electrons. The highest BCUT2D eigenvalue weighted by molar-refractivity contribution is 7.97. The number of hydrogen-bond donors (Lipinski definition) is 2. The molecule has 1 rings (SSSR count). The summed E-state index contributed by atoms with van der Waals surface area (Å²) in [6.45, 7) is 1.45. The molecule has 0 aromatic heterocycles. The Morgan fingerprint density at radius 2 is 2.00 bits per heavy atom. The summed E-state index contributed by atoms with van der Waals surface area (Å²) in [5.74, 6) is 0.572. The first-order chi connectivity index (χ1) is 9.97. The second-order valence-corrected chi connectivity index (χ2v) is 5.58. The fourth-order valence-electron chi connectivity index (χ4n) is 1.39. The summed E-state index contributed by atoms with van der Waals surface area (Å²) >= 11 is 1.29. The van der Waals surface area contributed by atoms with Gasteiger partial charge in [-0.05, 0) is 31.2 Å². The summed E-state index contributed by atoms with van der Waals surface area (Å²) in [7, 11) is 3.31. The monoisotopic (exact) mass is 315 g/mol. The van der Waals surface area contributed by atoms with Crippen molar-refractivity contribution in [3.63, 3.8) is 0 Å². The highest BCUT2D eigenvalue weighted by Gasteiger charge is 2.17. The van der Waals surface area contributed by atoms with Crippen LogP contribution < -0.4 is 4.74 Å². The third-order valence-corrected chi connectivity index (χ3v) is 4.03. The highest BCUT2D eigenvalue weighted by atomic mass is 32.2. The van der Waals surface area contributed by atoms with E-state index in [1.54, 1.807) is 49.7 Å². The highest BCUT2D eigenvalue weighted by Crippen LogP contribution is 2.16. The molecule has 2 atom stereocenters. The van der Waals surface area contributed by atoms with Crippen molar-refractivity contribution in [2.75, 3.05) is 26.5 Å². The van der Waals surface area contributed by atoms with Gasteiger partial charge in [-0.2, -0.15) is 0 Å². The molecule has 0 heterocycles. The van der Waals surface area contributed by atoms with Gasteiger partial charge in [0.25, 0.3) is 0 Å². The van der Waals surface area contributed by atoms with Gasteiger partial charge in [0.2, 0.25) is 0 Å². The lowest BCUT2D eigenvalue weighted by atomic mass is 10.2. The summed E-state index contributed by atoms with van der Waals surface area (Å²) in [4.78, 5) is 12.0. The number of esters is 1. The van der Waals surface area contributed by atoms with Crippen LogP contribution in [0.1, 0.15) is 17.3 Å². The number of methoxy groups -OCH3 is 1. The van der Waals surface area contributed by atoms with Gasteiger partial charge in [-0.25, -0.2) is 9.10 Å². The van der Waals surface area contributed by atoms with Crippen molar-refractivity contribution in [1.82, 2.24) is 4.31 Å². The molecule has 7 heteroatoms. The second-order valence-electron chi connectivity index (χ2n) is 4.41. The number of carbonyl (C=O) groups is 1. The van der Waals surface area contributed by atoms with E-state index in [0.717, 1.165) is 0 Å². The van der Waals surface area contributed by atoms with Crippen LogP contribution in [-0.2, 0) is 4.74 Å². The number of hydrogen-bond acceptors (Lipinski definition) is 7. The van der Waals surface area contributed by atoms with Crippen LogP contribution in [0.2, 0.25) is 0 Å². The average Bonchev–Trinajstić information content (AvgIpc) is 2.51. The van der Waals surface area contributed by atoms with Gasteiger partial charge < -0.3 is 19.7 Å². The Morgan fingerprint density at radius 1 is 1.38 bits per heavy atom. The van der Waals surface area contributed by atoms with Crippen molar-refractivity contribution < 1.29 is 24.5 Å². The molecule has 0 saturated heterocycles. The lowest BCUT2D eigenvalue weighted by Gasteiger charge is -2.24. The summed E-state index contributed by atoms with van der Waals surface area (Å²) in [5.41, 5.74) is 0.441. The van der Waals surface area contributed by atoms with Crippen molar-refractivity contribution in [1.29, 1.82) is 0 Å². The van der Waals surface area contributed by atoms with Gasteiger partial charge in [-0.3, -0.25) is 0 Å². The van der Waals surface area contributed by atoms with Gasteiger partial charge in [-0.1, -0.05) is 11.9 Å². The Labute approximate surface area is 128 Å². The minimum atomic E-state index is -0.790. The van der Waals surface area contributed by atoms with Gasteiger partial charge in [-0.15, -0.1) is 0 Å². The van der Waals surface area contributed by atoms with E-state index in [0.29, 0.717) is 17.1 Å². The molecule has 1 aromatic carbocycles. The molecule has 0 amide bonds. The molecule has 1 aromatic rings. The van der Waals surface area contributed by atoms with Crippen LogP contribution in [-0.4, -0.2) is 59.3 Å². The third kappa shape index (κ3) is 5.92. The molecule has 0 aliphatic carbocycles. The lowest BCUT2D eigenvalue weighted by molar-refractivity contribution is 0.0115. The first kappa shape index (κ1) is 17.8. The van der Waals surface area contributed by atoms with Gasteiger partial charge in [0.1, 0.15) is 5.75 Å². The van der Waals surface area contributed by atoms with Crippen LogP contribution in [0.3, 0.4) is 0 Å². The molecule has 0 aliphatic heterocycles. The third-order valence-electron chi connectivity index (χ3n) is 2.80. The summed E-state index contributed by atoms with van der Waals surface area (Å²) in [6.07, 6.45) is -1.25. The summed E-state index contributed by atoms with van der Waals surface area (Å²) in [5, 5.41) is 18.0. The maximum Gasteiger partial charge on any atom is 0.339 e. The van der Waals surface area contributed by atoms with Crippen molar-refractivity contribution >= 4 is 17.9 Å². The summed E-state index contributed by atoms with van der Waals surface area (Å²) < 4.78 is 12.1. The fourth-order valence-corrected chi connectivity index (χ4v) is 2.15. The van der Waals surface area contributed by atoms with Gasteiger partial charge in [0.15, 0.2) is 6.23 Å². The van der Waals surface area contributed by atoms with E-state index in [4.69, 9.17) is 14.6 Å². The smallest absolute Gasteiger partial charge is 0.339 e. The quantitative estimate of drug-likeness (QED) is 0.423. The first-order valence-corrected chi connectivity index (χ1v) is 7.42. The topological polar surface area (TPSA) is 79.2 Å². The second kappa shape index (κ2) is 8.89. The Morgan fingerprint density at radius 3 is 2.52 bits per heavy atom. The summed E-state index contributed by atoms with van der Waals surface area (Å²) in [6, 6.07) is 6.65. The van der Waals surface area contributed by atoms with E-state index < -0.39 is 18.3 Å². The SMILES string of the molecule is COc1ccc(C(=O)OC(C)N(C)SCC(O)CO)cc1. The molecular weight excluding hydrogens is 294 g/mol. The molecule has 0 saturated carbocycles. The maximum atomic E-state index is 12.0. The Balaban J connectivity index is 2.48. The van der Waals surface area contributed by atoms with Gasteiger partial charge in [0, 0.05) is 12.8 Å². The molecule has 0 aliphatic rings. The van der Waals surface area contributed by atoms with E-state index in [9.17, 15) is 9.90 Å². The van der Waals surface area contributed by atoms with Crippen molar-refractivity contribution in [3.8, 4) is 5.75 Å². The Kier molecular flexibility index (Phi) is 7.52. The molecule has 6 nitrogen and oxygen atoms in total. The Bertz CT molecular complexity index is 439. The minimum Gasteiger partial charge on any atom is -0.497 e. The zero-order valence-electron chi connectivity index (χ0n) is 12.4. The molecule has 0 bridgehead atoms. The maximum absolute atomic E-state index is 12.0. The van der Waals surface area contributed by atoms with E-state index in [1.165, 1.54) is 11.9 Å². The predicted octanol–water partition coefficient (Wildman–Crippen LogP) is 1.13. The van der Waals surface area contributed by atoms with Gasteiger partial charge >= 0.3 is 5.97 Å². The number of benzene rings is 1.